The van der Waals surface area contributed by atoms with Crippen molar-refractivity contribution in [3.05, 3.63) is 0 Å². The fourth-order valence-corrected chi connectivity index (χ4v) is 1.95. The summed E-state index contributed by atoms with van der Waals surface area (Å²) in [4.78, 5) is 27.6. The van der Waals surface area contributed by atoms with Gasteiger partial charge in [0.15, 0.2) is 0 Å². The van der Waals surface area contributed by atoms with Gasteiger partial charge in [-0.05, 0) is 19.8 Å². The van der Waals surface area contributed by atoms with E-state index in [9.17, 15) is 9.59 Å². The number of rotatable bonds is 4. The van der Waals surface area contributed by atoms with Crippen molar-refractivity contribution in [2.24, 2.45) is 5.92 Å². The van der Waals surface area contributed by atoms with E-state index >= 15 is 0 Å². The summed E-state index contributed by atoms with van der Waals surface area (Å²) in [5.74, 6) is -0.267. The summed E-state index contributed by atoms with van der Waals surface area (Å²) < 4.78 is 0. The van der Waals surface area contributed by atoms with Crippen LogP contribution in [0.2, 0.25) is 0 Å². The van der Waals surface area contributed by atoms with Crippen LogP contribution in [0.3, 0.4) is 0 Å². The molecule has 1 saturated carbocycles. The molecule has 92 valence electrons. The van der Waals surface area contributed by atoms with E-state index in [1.165, 1.54) is 13.5 Å². The van der Waals surface area contributed by atoms with Gasteiger partial charge in [0.25, 0.3) is 5.91 Å². The van der Waals surface area contributed by atoms with Gasteiger partial charge in [-0.3, -0.25) is 14.4 Å². The number of hydrogen-bond donors (Lipinski definition) is 2. The van der Waals surface area contributed by atoms with Crippen LogP contribution in [-0.2, 0) is 14.4 Å². The summed E-state index contributed by atoms with van der Waals surface area (Å²) in [5.41, 5.74) is 2.20. The minimum Gasteiger partial charge on any atom is -0.344 e. The zero-order valence-electron chi connectivity index (χ0n) is 9.91. The first-order valence-electron chi connectivity index (χ1n) is 5.78. The van der Waals surface area contributed by atoms with Crippen LogP contribution in [0.25, 0.3) is 0 Å². The maximum Gasteiger partial charge on any atom is 0.265 e. The molecule has 1 atom stereocenters. The van der Waals surface area contributed by atoms with Gasteiger partial charge in [-0.15, -0.1) is 0 Å². The summed E-state index contributed by atoms with van der Waals surface area (Å²) in [6, 6.07) is -0.547. The van der Waals surface area contributed by atoms with E-state index in [1.807, 2.05) is 0 Å². The van der Waals surface area contributed by atoms with Crippen molar-refractivity contribution in [1.29, 1.82) is 0 Å². The molecule has 0 saturated heterocycles. The molecule has 0 bridgehead atoms. The third kappa shape index (κ3) is 3.81. The molecule has 5 nitrogen and oxygen atoms in total. The SMILES string of the molecule is CONC(=O)[C@@H](C)NC(=O)C1CCCCC1. The number of amides is 2. The fraction of sp³-hybridized carbons (Fsp3) is 0.818. The van der Waals surface area contributed by atoms with E-state index < -0.39 is 6.04 Å². The molecular formula is C11H20N2O3. The zero-order chi connectivity index (χ0) is 12.0. The lowest BCUT2D eigenvalue weighted by molar-refractivity contribution is -0.137. The Balaban J connectivity index is 2.34. The Morgan fingerprint density at radius 3 is 2.44 bits per heavy atom. The molecule has 0 aromatic carbocycles. The molecule has 0 spiro atoms. The van der Waals surface area contributed by atoms with E-state index in [2.05, 4.69) is 15.6 Å². The second kappa shape index (κ2) is 6.48. The number of hydroxylamine groups is 1. The molecule has 0 heterocycles. The predicted octanol–water partition coefficient (Wildman–Crippen LogP) is 0.749. The summed E-state index contributed by atoms with van der Waals surface area (Å²) in [6.07, 6.45) is 5.30. The van der Waals surface area contributed by atoms with Crippen molar-refractivity contribution >= 4 is 11.8 Å². The molecule has 1 fully saturated rings. The molecule has 1 aliphatic carbocycles. The second-order valence-electron chi connectivity index (χ2n) is 4.24. The maximum absolute atomic E-state index is 11.8. The molecule has 0 aliphatic heterocycles. The number of hydrogen-bond acceptors (Lipinski definition) is 3. The fourth-order valence-electron chi connectivity index (χ4n) is 1.95. The van der Waals surface area contributed by atoms with E-state index in [-0.39, 0.29) is 17.7 Å². The Bertz CT molecular complexity index is 250. The van der Waals surface area contributed by atoms with E-state index in [0.29, 0.717) is 0 Å². The molecule has 2 amide bonds. The van der Waals surface area contributed by atoms with Crippen LogP contribution in [-0.4, -0.2) is 25.0 Å². The molecule has 0 aromatic heterocycles. The maximum atomic E-state index is 11.8. The van der Waals surface area contributed by atoms with Crippen LogP contribution in [0, 0.1) is 5.92 Å². The summed E-state index contributed by atoms with van der Waals surface area (Å²) in [6.45, 7) is 1.65. The van der Waals surface area contributed by atoms with Crippen molar-refractivity contribution in [3.63, 3.8) is 0 Å². The van der Waals surface area contributed by atoms with Gasteiger partial charge in [0.05, 0.1) is 7.11 Å². The number of nitrogens with one attached hydrogen (secondary N) is 2. The molecule has 16 heavy (non-hydrogen) atoms. The largest absolute Gasteiger partial charge is 0.344 e. The molecular weight excluding hydrogens is 208 g/mol. The van der Waals surface area contributed by atoms with Gasteiger partial charge in [0, 0.05) is 5.92 Å². The molecule has 2 N–H and O–H groups in total. The Morgan fingerprint density at radius 1 is 1.25 bits per heavy atom. The monoisotopic (exact) mass is 228 g/mol. The van der Waals surface area contributed by atoms with Crippen molar-refractivity contribution in [3.8, 4) is 0 Å². The normalized spacial score (nSPS) is 18.9. The standard InChI is InChI=1S/C11H20N2O3/c1-8(10(14)13-16-2)12-11(15)9-6-4-3-5-7-9/h8-9H,3-7H2,1-2H3,(H,12,15)(H,13,14)/t8-/m1/s1. The first-order chi connectivity index (χ1) is 7.65. The highest BCUT2D eigenvalue weighted by atomic mass is 16.6. The quantitative estimate of drug-likeness (QED) is 0.698. The molecule has 0 radical (unpaired) electrons. The van der Waals surface area contributed by atoms with E-state index in [1.54, 1.807) is 6.92 Å². The topological polar surface area (TPSA) is 67.4 Å². The average Bonchev–Trinajstić information content (AvgIpc) is 2.30. The average molecular weight is 228 g/mol. The van der Waals surface area contributed by atoms with Crippen LogP contribution in [0.4, 0.5) is 0 Å². The summed E-state index contributed by atoms with van der Waals surface area (Å²) >= 11 is 0. The van der Waals surface area contributed by atoms with Crippen LogP contribution in [0.5, 0.6) is 0 Å². The number of carbonyl (C=O) groups is 2. The molecule has 0 unspecified atom stereocenters. The molecule has 5 heteroatoms. The molecule has 1 rings (SSSR count). The minimum atomic E-state index is -0.547. The summed E-state index contributed by atoms with van der Waals surface area (Å²) in [7, 11) is 1.37. The zero-order valence-corrected chi connectivity index (χ0v) is 9.91. The Morgan fingerprint density at radius 2 is 1.88 bits per heavy atom. The van der Waals surface area contributed by atoms with Gasteiger partial charge < -0.3 is 5.32 Å². The van der Waals surface area contributed by atoms with Crippen LogP contribution >= 0.6 is 0 Å². The van der Waals surface area contributed by atoms with E-state index in [4.69, 9.17) is 0 Å². The van der Waals surface area contributed by atoms with Crippen LogP contribution in [0.15, 0.2) is 0 Å². The van der Waals surface area contributed by atoms with Crippen molar-refractivity contribution in [2.45, 2.75) is 45.1 Å². The molecule has 1 aliphatic rings. The van der Waals surface area contributed by atoms with Crippen molar-refractivity contribution in [2.75, 3.05) is 7.11 Å². The van der Waals surface area contributed by atoms with Gasteiger partial charge in [0.1, 0.15) is 6.04 Å². The third-order valence-electron chi connectivity index (χ3n) is 2.93. The van der Waals surface area contributed by atoms with Crippen molar-refractivity contribution < 1.29 is 14.4 Å². The van der Waals surface area contributed by atoms with Crippen molar-refractivity contribution in [1.82, 2.24) is 10.8 Å². The first-order valence-corrected chi connectivity index (χ1v) is 5.78. The van der Waals surface area contributed by atoms with Gasteiger partial charge in [0.2, 0.25) is 5.91 Å². The summed E-state index contributed by atoms with van der Waals surface area (Å²) in [5, 5.41) is 2.70. The Labute approximate surface area is 95.9 Å². The lowest BCUT2D eigenvalue weighted by atomic mass is 9.88. The van der Waals surface area contributed by atoms with Gasteiger partial charge in [-0.1, -0.05) is 19.3 Å². The van der Waals surface area contributed by atoms with Crippen LogP contribution in [0.1, 0.15) is 39.0 Å². The van der Waals surface area contributed by atoms with Gasteiger partial charge in [-0.2, -0.15) is 0 Å². The Hall–Kier alpha value is -1.10. The highest BCUT2D eigenvalue weighted by Gasteiger charge is 2.24. The van der Waals surface area contributed by atoms with Crippen LogP contribution < -0.4 is 10.8 Å². The highest BCUT2D eigenvalue weighted by molar-refractivity contribution is 5.87. The third-order valence-corrected chi connectivity index (χ3v) is 2.93. The minimum absolute atomic E-state index is 0.0153. The lowest BCUT2D eigenvalue weighted by Gasteiger charge is -2.22. The highest BCUT2D eigenvalue weighted by Crippen LogP contribution is 2.23. The predicted molar refractivity (Wildman–Crippen MR) is 59.3 cm³/mol. The second-order valence-corrected chi connectivity index (χ2v) is 4.24. The first kappa shape index (κ1) is 13.0. The lowest BCUT2D eigenvalue weighted by Crippen LogP contribution is -2.46. The number of carbonyl (C=O) groups excluding carboxylic acids is 2. The molecule has 0 aromatic rings. The smallest absolute Gasteiger partial charge is 0.265 e. The van der Waals surface area contributed by atoms with E-state index in [0.717, 1.165) is 25.7 Å². The van der Waals surface area contributed by atoms with Gasteiger partial charge in [-0.25, -0.2) is 5.48 Å². The Kier molecular flexibility index (Phi) is 5.25. The van der Waals surface area contributed by atoms with Gasteiger partial charge >= 0.3 is 0 Å².